The summed E-state index contributed by atoms with van der Waals surface area (Å²) in [5.41, 5.74) is 0.986. The third-order valence-electron chi connectivity index (χ3n) is 4.11. The molecule has 1 fully saturated rings. The van der Waals surface area contributed by atoms with Gasteiger partial charge in [0, 0.05) is 20.2 Å². The van der Waals surface area contributed by atoms with Crippen LogP contribution in [0.5, 0.6) is 0 Å². The lowest BCUT2D eigenvalue weighted by atomic mass is 9.75. The highest BCUT2D eigenvalue weighted by atomic mass is 32.1. The van der Waals surface area contributed by atoms with E-state index in [0.29, 0.717) is 6.54 Å². The van der Waals surface area contributed by atoms with Crippen LogP contribution in [0, 0.1) is 5.41 Å². The van der Waals surface area contributed by atoms with E-state index in [1.807, 2.05) is 19.0 Å². The van der Waals surface area contributed by atoms with Gasteiger partial charge in [-0.1, -0.05) is 19.3 Å². The molecule has 1 heterocycles. The van der Waals surface area contributed by atoms with Gasteiger partial charge in [0.2, 0.25) is 0 Å². The van der Waals surface area contributed by atoms with Crippen molar-refractivity contribution in [2.45, 2.75) is 38.6 Å². The van der Waals surface area contributed by atoms with E-state index in [2.05, 4.69) is 17.7 Å². The molecule has 0 aromatic carbocycles. The van der Waals surface area contributed by atoms with Crippen molar-refractivity contribution < 1.29 is 0 Å². The number of rotatable bonds is 4. The van der Waals surface area contributed by atoms with Gasteiger partial charge in [-0.15, -0.1) is 0 Å². The lowest BCUT2D eigenvalue weighted by Crippen LogP contribution is -2.36. The second kappa shape index (κ2) is 5.99. The molecule has 0 saturated heterocycles. The molecule has 5 heteroatoms. The second-order valence-electron chi connectivity index (χ2n) is 5.82. The van der Waals surface area contributed by atoms with Crippen molar-refractivity contribution in [3.8, 4) is 0 Å². The molecule has 0 atom stereocenters. The van der Waals surface area contributed by atoms with Gasteiger partial charge in [0.1, 0.15) is 0 Å². The van der Waals surface area contributed by atoms with Crippen LogP contribution in [0.25, 0.3) is 0 Å². The summed E-state index contributed by atoms with van der Waals surface area (Å²) < 4.78 is 1.61. The number of hydrogen-bond donors (Lipinski definition) is 1. The molecule has 106 valence electrons. The Bertz CT molecular complexity index is 478. The molecule has 0 aliphatic heterocycles. The van der Waals surface area contributed by atoms with Gasteiger partial charge in [0.25, 0.3) is 5.56 Å². The van der Waals surface area contributed by atoms with Gasteiger partial charge in [-0.05, 0) is 24.0 Å². The van der Waals surface area contributed by atoms with Crippen LogP contribution in [0.4, 0.5) is 5.69 Å². The van der Waals surface area contributed by atoms with Crippen molar-refractivity contribution >= 4 is 18.3 Å². The average Bonchev–Trinajstić information content (AvgIpc) is 2.42. The topological polar surface area (TPSA) is 38.1 Å². The van der Waals surface area contributed by atoms with Gasteiger partial charge in [0.05, 0.1) is 18.4 Å². The lowest BCUT2D eigenvalue weighted by molar-refractivity contribution is 0.179. The van der Waals surface area contributed by atoms with Crippen LogP contribution in [-0.2, 0) is 6.54 Å². The highest BCUT2D eigenvalue weighted by Gasteiger charge is 2.31. The molecule has 0 bridgehead atoms. The first kappa shape index (κ1) is 14.4. The predicted molar refractivity (Wildman–Crippen MR) is 82.2 cm³/mol. The number of hydrogen-bond acceptors (Lipinski definition) is 4. The minimum atomic E-state index is -0.0158. The summed E-state index contributed by atoms with van der Waals surface area (Å²) in [7, 11) is 3.83. The fraction of sp³-hybridized carbons (Fsp3) is 0.714. The minimum absolute atomic E-state index is 0.0158. The fourth-order valence-electron chi connectivity index (χ4n) is 2.77. The Morgan fingerprint density at radius 2 is 2.05 bits per heavy atom. The van der Waals surface area contributed by atoms with Gasteiger partial charge in [-0.2, -0.15) is 17.7 Å². The zero-order chi connectivity index (χ0) is 13.9. The highest BCUT2D eigenvalue weighted by Crippen LogP contribution is 2.38. The maximum absolute atomic E-state index is 12.1. The molecule has 1 aromatic heterocycles. The summed E-state index contributed by atoms with van der Waals surface area (Å²) in [6.07, 6.45) is 7.85. The van der Waals surface area contributed by atoms with E-state index in [1.165, 1.54) is 19.3 Å². The third-order valence-corrected chi connectivity index (χ3v) is 4.78. The van der Waals surface area contributed by atoms with Crippen molar-refractivity contribution in [3.63, 3.8) is 0 Å². The molecule has 1 saturated carbocycles. The molecule has 2 rings (SSSR count). The quantitative estimate of drug-likeness (QED) is 0.860. The van der Waals surface area contributed by atoms with Crippen molar-refractivity contribution in [2.24, 2.45) is 5.41 Å². The zero-order valence-corrected chi connectivity index (χ0v) is 12.7. The molecule has 0 unspecified atom stereocenters. The number of anilines is 1. The molecule has 0 N–H and O–H groups in total. The standard InChI is InChI=1S/C14H23N3OS/c1-16(2)12-8-13(18)17(15-9-12)10-14(11-19)6-4-3-5-7-14/h8-9,19H,3-7,10-11H2,1-2H3. The normalized spacial score (nSPS) is 18.3. The highest BCUT2D eigenvalue weighted by molar-refractivity contribution is 7.80. The van der Waals surface area contributed by atoms with Gasteiger partial charge >= 0.3 is 0 Å². The summed E-state index contributed by atoms with van der Waals surface area (Å²) in [4.78, 5) is 14.0. The molecule has 19 heavy (non-hydrogen) atoms. The van der Waals surface area contributed by atoms with Crippen LogP contribution in [0.1, 0.15) is 32.1 Å². The van der Waals surface area contributed by atoms with E-state index in [9.17, 15) is 4.79 Å². The van der Waals surface area contributed by atoms with Gasteiger partial charge in [0.15, 0.2) is 0 Å². The van der Waals surface area contributed by atoms with Gasteiger partial charge in [-0.3, -0.25) is 4.79 Å². The Hall–Kier alpha value is -0.970. The Kier molecular flexibility index (Phi) is 4.55. The van der Waals surface area contributed by atoms with E-state index in [0.717, 1.165) is 24.3 Å². The average molecular weight is 281 g/mol. The molecule has 1 aliphatic rings. The van der Waals surface area contributed by atoms with Crippen LogP contribution in [-0.4, -0.2) is 29.6 Å². The van der Waals surface area contributed by atoms with Crippen LogP contribution in [0.2, 0.25) is 0 Å². The largest absolute Gasteiger partial charge is 0.376 e. The monoisotopic (exact) mass is 281 g/mol. The van der Waals surface area contributed by atoms with Crippen LogP contribution < -0.4 is 10.5 Å². The summed E-state index contributed by atoms with van der Waals surface area (Å²) in [5, 5.41) is 4.32. The van der Waals surface area contributed by atoms with Crippen molar-refractivity contribution in [2.75, 3.05) is 24.7 Å². The van der Waals surface area contributed by atoms with E-state index in [4.69, 9.17) is 0 Å². The van der Waals surface area contributed by atoms with E-state index in [-0.39, 0.29) is 11.0 Å². The minimum Gasteiger partial charge on any atom is -0.376 e. The van der Waals surface area contributed by atoms with E-state index >= 15 is 0 Å². The molecular weight excluding hydrogens is 258 g/mol. The molecular formula is C14H23N3OS. The Labute approximate surface area is 120 Å². The first-order valence-corrected chi connectivity index (χ1v) is 7.55. The number of thiol groups is 1. The predicted octanol–water partition coefficient (Wildman–Crippen LogP) is 2.19. The summed E-state index contributed by atoms with van der Waals surface area (Å²) >= 11 is 4.52. The SMILES string of the molecule is CN(C)c1cnn(CC2(CS)CCCCC2)c(=O)c1. The fourth-order valence-corrected chi connectivity index (χ4v) is 3.19. The summed E-state index contributed by atoms with van der Waals surface area (Å²) in [6, 6.07) is 1.65. The van der Waals surface area contributed by atoms with Crippen LogP contribution in [0.3, 0.4) is 0 Å². The Morgan fingerprint density at radius 3 is 2.58 bits per heavy atom. The summed E-state index contributed by atoms with van der Waals surface area (Å²) in [6.45, 7) is 0.697. The van der Waals surface area contributed by atoms with Crippen molar-refractivity contribution in [3.05, 3.63) is 22.6 Å². The molecule has 0 amide bonds. The van der Waals surface area contributed by atoms with Crippen molar-refractivity contribution in [1.82, 2.24) is 9.78 Å². The molecule has 1 aliphatic carbocycles. The summed E-state index contributed by atoms with van der Waals surface area (Å²) in [5.74, 6) is 0.830. The molecule has 1 aromatic rings. The molecule has 4 nitrogen and oxygen atoms in total. The van der Waals surface area contributed by atoms with Crippen LogP contribution >= 0.6 is 12.6 Å². The first-order valence-electron chi connectivity index (χ1n) is 6.92. The smallest absolute Gasteiger partial charge is 0.268 e. The van der Waals surface area contributed by atoms with E-state index < -0.39 is 0 Å². The third kappa shape index (κ3) is 3.32. The Morgan fingerprint density at radius 1 is 1.37 bits per heavy atom. The van der Waals surface area contributed by atoms with Gasteiger partial charge in [-0.25, -0.2) is 4.68 Å². The zero-order valence-electron chi connectivity index (χ0n) is 11.8. The van der Waals surface area contributed by atoms with Gasteiger partial charge < -0.3 is 4.90 Å². The van der Waals surface area contributed by atoms with Crippen LogP contribution in [0.15, 0.2) is 17.1 Å². The second-order valence-corrected chi connectivity index (χ2v) is 6.14. The number of aromatic nitrogens is 2. The van der Waals surface area contributed by atoms with E-state index in [1.54, 1.807) is 16.9 Å². The Balaban J connectivity index is 2.20. The first-order chi connectivity index (χ1) is 9.06. The maximum Gasteiger partial charge on any atom is 0.268 e. The molecule has 0 radical (unpaired) electrons. The maximum atomic E-state index is 12.1. The lowest BCUT2D eigenvalue weighted by Gasteiger charge is -2.36. The molecule has 0 spiro atoms. The van der Waals surface area contributed by atoms with Crippen molar-refractivity contribution in [1.29, 1.82) is 0 Å². The number of nitrogens with zero attached hydrogens (tertiary/aromatic N) is 3.